The third-order valence-electron chi connectivity index (χ3n) is 4.59. The second-order valence-corrected chi connectivity index (χ2v) is 8.72. The van der Waals surface area contributed by atoms with E-state index in [1.807, 2.05) is 0 Å². The molecule has 1 heterocycles. The summed E-state index contributed by atoms with van der Waals surface area (Å²) >= 11 is 2.09. The summed E-state index contributed by atoms with van der Waals surface area (Å²) in [6, 6.07) is 0. The third-order valence-corrected chi connectivity index (χ3v) is 5.76. The summed E-state index contributed by atoms with van der Waals surface area (Å²) < 4.78 is 0. The van der Waals surface area contributed by atoms with Crippen LogP contribution in [0.1, 0.15) is 48.0 Å². The Hall–Kier alpha value is 0.270. The molecule has 0 spiro atoms. The Morgan fingerprint density at radius 2 is 1.63 bits per heavy atom. The van der Waals surface area contributed by atoms with Crippen molar-refractivity contribution in [3.05, 3.63) is 0 Å². The maximum atomic E-state index is 6.31. The molecule has 1 saturated heterocycles. The first-order chi connectivity index (χ1) is 8.75. The molecule has 0 saturated carbocycles. The lowest BCUT2D eigenvalue weighted by molar-refractivity contribution is -0.0131. The van der Waals surface area contributed by atoms with Crippen molar-refractivity contribution < 1.29 is 0 Å². The SMILES string of the molecule is CC(C)CN(CC(C)C)C1(CN)CSCCC1(C)C. The molecule has 0 aromatic heterocycles. The van der Waals surface area contributed by atoms with E-state index in [2.05, 4.69) is 58.2 Å². The molecule has 0 amide bonds. The first-order valence-electron chi connectivity index (χ1n) is 7.78. The molecule has 114 valence electrons. The van der Waals surface area contributed by atoms with E-state index in [0.717, 1.165) is 6.54 Å². The van der Waals surface area contributed by atoms with Gasteiger partial charge in [0.05, 0.1) is 0 Å². The minimum Gasteiger partial charge on any atom is -0.329 e. The highest BCUT2D eigenvalue weighted by molar-refractivity contribution is 7.99. The molecular formula is C16H34N2S. The Labute approximate surface area is 124 Å². The summed E-state index contributed by atoms with van der Waals surface area (Å²) in [7, 11) is 0. The lowest BCUT2D eigenvalue weighted by atomic mass is 9.69. The van der Waals surface area contributed by atoms with E-state index in [1.165, 1.54) is 31.0 Å². The van der Waals surface area contributed by atoms with Crippen LogP contribution >= 0.6 is 11.8 Å². The van der Waals surface area contributed by atoms with Crippen molar-refractivity contribution in [2.24, 2.45) is 23.0 Å². The molecule has 1 aliphatic heterocycles. The van der Waals surface area contributed by atoms with E-state index in [-0.39, 0.29) is 5.54 Å². The van der Waals surface area contributed by atoms with Crippen molar-refractivity contribution in [1.82, 2.24) is 4.90 Å². The number of hydrogen-bond acceptors (Lipinski definition) is 3. The Kier molecular flexibility index (Phi) is 6.22. The van der Waals surface area contributed by atoms with Crippen molar-refractivity contribution in [1.29, 1.82) is 0 Å². The number of hydrogen-bond donors (Lipinski definition) is 1. The van der Waals surface area contributed by atoms with E-state index in [0.29, 0.717) is 17.3 Å². The molecule has 19 heavy (non-hydrogen) atoms. The standard InChI is InChI=1S/C16H34N2S/c1-13(2)9-18(10-14(3)4)16(11-17)12-19-8-7-15(16,5)6/h13-14H,7-12,17H2,1-6H3. The summed E-state index contributed by atoms with van der Waals surface area (Å²) in [5.74, 6) is 3.87. The lowest BCUT2D eigenvalue weighted by Crippen LogP contribution is -2.66. The summed E-state index contributed by atoms with van der Waals surface area (Å²) in [6.45, 7) is 17.2. The molecule has 0 aromatic carbocycles. The minimum atomic E-state index is 0.171. The Bertz CT molecular complexity index is 266. The number of nitrogens with two attached hydrogens (primary N) is 1. The van der Waals surface area contributed by atoms with Crippen LogP contribution in [0.25, 0.3) is 0 Å². The molecule has 2 nitrogen and oxygen atoms in total. The predicted molar refractivity (Wildman–Crippen MR) is 88.8 cm³/mol. The second-order valence-electron chi connectivity index (χ2n) is 7.61. The molecule has 2 N–H and O–H groups in total. The van der Waals surface area contributed by atoms with E-state index >= 15 is 0 Å². The van der Waals surface area contributed by atoms with Gasteiger partial charge in [-0.05, 0) is 29.4 Å². The molecule has 0 aromatic rings. The highest BCUT2D eigenvalue weighted by Gasteiger charge is 2.49. The average Bonchev–Trinajstić information content (AvgIpc) is 2.26. The fourth-order valence-electron chi connectivity index (χ4n) is 3.29. The highest BCUT2D eigenvalue weighted by Crippen LogP contribution is 2.46. The number of thioether (sulfide) groups is 1. The topological polar surface area (TPSA) is 29.3 Å². The van der Waals surface area contributed by atoms with Gasteiger partial charge in [0.15, 0.2) is 0 Å². The summed E-state index contributed by atoms with van der Waals surface area (Å²) in [5, 5.41) is 0. The largest absolute Gasteiger partial charge is 0.329 e. The summed E-state index contributed by atoms with van der Waals surface area (Å²) in [4.78, 5) is 2.72. The van der Waals surface area contributed by atoms with Gasteiger partial charge in [0.2, 0.25) is 0 Å². The van der Waals surface area contributed by atoms with Crippen LogP contribution in [0.3, 0.4) is 0 Å². The smallest absolute Gasteiger partial charge is 0.0473 e. The molecular weight excluding hydrogens is 252 g/mol. The van der Waals surface area contributed by atoms with Gasteiger partial charge in [-0.1, -0.05) is 41.5 Å². The highest BCUT2D eigenvalue weighted by atomic mass is 32.2. The second kappa shape index (κ2) is 6.82. The van der Waals surface area contributed by atoms with Crippen LogP contribution in [0.4, 0.5) is 0 Å². The van der Waals surface area contributed by atoms with Gasteiger partial charge in [-0.25, -0.2) is 0 Å². The zero-order valence-electron chi connectivity index (χ0n) is 13.8. The monoisotopic (exact) mass is 286 g/mol. The molecule has 0 aliphatic carbocycles. The minimum absolute atomic E-state index is 0.171. The van der Waals surface area contributed by atoms with Crippen LogP contribution in [-0.2, 0) is 0 Å². The van der Waals surface area contributed by atoms with Gasteiger partial charge in [0.1, 0.15) is 0 Å². The molecule has 1 atom stereocenters. The number of rotatable bonds is 6. The van der Waals surface area contributed by atoms with E-state index in [9.17, 15) is 0 Å². The zero-order valence-corrected chi connectivity index (χ0v) is 14.6. The summed E-state index contributed by atoms with van der Waals surface area (Å²) in [6.07, 6.45) is 1.28. The van der Waals surface area contributed by atoms with Crippen LogP contribution in [0.15, 0.2) is 0 Å². The number of nitrogens with zero attached hydrogens (tertiary/aromatic N) is 1. The Balaban J connectivity index is 3.04. The fourth-order valence-corrected chi connectivity index (χ4v) is 5.11. The first-order valence-corrected chi connectivity index (χ1v) is 8.93. The lowest BCUT2D eigenvalue weighted by Gasteiger charge is -2.56. The first kappa shape index (κ1) is 17.3. The molecule has 1 rings (SSSR count). The van der Waals surface area contributed by atoms with E-state index in [4.69, 9.17) is 5.73 Å². The maximum Gasteiger partial charge on any atom is 0.0473 e. The Morgan fingerprint density at radius 3 is 2.00 bits per heavy atom. The van der Waals surface area contributed by atoms with E-state index in [1.54, 1.807) is 0 Å². The Morgan fingerprint density at radius 1 is 1.11 bits per heavy atom. The van der Waals surface area contributed by atoms with Crippen molar-refractivity contribution in [2.75, 3.05) is 31.1 Å². The van der Waals surface area contributed by atoms with Gasteiger partial charge >= 0.3 is 0 Å². The van der Waals surface area contributed by atoms with Crippen molar-refractivity contribution >= 4 is 11.8 Å². The van der Waals surface area contributed by atoms with Crippen LogP contribution < -0.4 is 5.73 Å². The normalized spacial score (nSPS) is 27.5. The predicted octanol–water partition coefficient (Wildman–Crippen LogP) is 3.46. The molecule has 3 heteroatoms. The van der Waals surface area contributed by atoms with Gasteiger partial charge in [0.25, 0.3) is 0 Å². The van der Waals surface area contributed by atoms with Gasteiger partial charge in [0, 0.05) is 30.9 Å². The van der Waals surface area contributed by atoms with Crippen molar-refractivity contribution in [3.8, 4) is 0 Å². The average molecular weight is 287 g/mol. The van der Waals surface area contributed by atoms with Crippen LogP contribution in [0, 0.1) is 17.3 Å². The molecule has 0 bridgehead atoms. The van der Waals surface area contributed by atoms with Crippen molar-refractivity contribution in [2.45, 2.75) is 53.5 Å². The zero-order chi connectivity index (χ0) is 14.7. The van der Waals surface area contributed by atoms with Gasteiger partial charge < -0.3 is 5.73 Å². The van der Waals surface area contributed by atoms with Gasteiger partial charge in [-0.15, -0.1) is 0 Å². The van der Waals surface area contributed by atoms with Crippen LogP contribution in [0.5, 0.6) is 0 Å². The quantitative estimate of drug-likeness (QED) is 0.811. The van der Waals surface area contributed by atoms with Crippen LogP contribution in [-0.4, -0.2) is 41.6 Å². The molecule has 1 unspecified atom stereocenters. The fraction of sp³-hybridized carbons (Fsp3) is 1.00. The molecule has 1 aliphatic rings. The van der Waals surface area contributed by atoms with Crippen LogP contribution in [0.2, 0.25) is 0 Å². The van der Waals surface area contributed by atoms with E-state index < -0.39 is 0 Å². The van der Waals surface area contributed by atoms with Gasteiger partial charge in [-0.2, -0.15) is 11.8 Å². The third kappa shape index (κ3) is 3.89. The summed E-state index contributed by atoms with van der Waals surface area (Å²) in [5.41, 5.74) is 6.80. The molecule has 0 radical (unpaired) electrons. The maximum absolute atomic E-state index is 6.31. The van der Waals surface area contributed by atoms with Crippen molar-refractivity contribution in [3.63, 3.8) is 0 Å². The van der Waals surface area contributed by atoms with Gasteiger partial charge in [-0.3, -0.25) is 4.90 Å². The molecule has 1 fully saturated rings.